The lowest BCUT2D eigenvalue weighted by molar-refractivity contribution is -0.120. The molecule has 4 rings (SSSR count). The van der Waals surface area contributed by atoms with Gasteiger partial charge in [-0.1, -0.05) is 42.5 Å². The number of carbonyl (C=O) groups excluding carboxylic acids is 2. The van der Waals surface area contributed by atoms with Gasteiger partial charge in [-0.15, -0.1) is 0 Å². The van der Waals surface area contributed by atoms with Crippen LogP contribution in [0.25, 0.3) is 5.57 Å². The molecule has 0 spiro atoms. The van der Waals surface area contributed by atoms with Crippen LogP contribution in [0.15, 0.2) is 78.5 Å². The average Bonchev–Trinajstić information content (AvgIpc) is 2.95. The molecule has 0 saturated carbocycles. The standard InChI is InChI=1S/C23H16F2N2O2/c1-14-6-5-9-17(12-14)27-22(28)20(15-7-3-2-4-8-15)21(23(27)29)26-16-10-11-18(24)19(25)13-16/h2-13,26H,1H3. The Morgan fingerprint density at radius 3 is 2.24 bits per heavy atom. The van der Waals surface area contributed by atoms with E-state index in [9.17, 15) is 18.4 Å². The summed E-state index contributed by atoms with van der Waals surface area (Å²) in [7, 11) is 0. The lowest BCUT2D eigenvalue weighted by Crippen LogP contribution is -2.32. The zero-order valence-electron chi connectivity index (χ0n) is 15.4. The predicted octanol–water partition coefficient (Wildman–Crippen LogP) is 4.67. The van der Waals surface area contributed by atoms with Crippen LogP contribution in [0.2, 0.25) is 0 Å². The number of nitrogens with one attached hydrogen (secondary N) is 1. The third-order valence-corrected chi connectivity index (χ3v) is 4.60. The third-order valence-electron chi connectivity index (χ3n) is 4.60. The molecule has 1 heterocycles. The van der Waals surface area contributed by atoms with Gasteiger partial charge >= 0.3 is 0 Å². The van der Waals surface area contributed by atoms with Gasteiger partial charge in [-0.05, 0) is 42.3 Å². The minimum atomic E-state index is -1.05. The van der Waals surface area contributed by atoms with Crippen molar-refractivity contribution < 1.29 is 18.4 Å². The number of benzene rings is 3. The zero-order valence-corrected chi connectivity index (χ0v) is 15.4. The van der Waals surface area contributed by atoms with Crippen molar-refractivity contribution in [3.63, 3.8) is 0 Å². The van der Waals surface area contributed by atoms with Crippen LogP contribution in [-0.4, -0.2) is 11.8 Å². The summed E-state index contributed by atoms with van der Waals surface area (Å²) in [6, 6.07) is 19.0. The molecule has 29 heavy (non-hydrogen) atoms. The monoisotopic (exact) mass is 390 g/mol. The van der Waals surface area contributed by atoms with Crippen molar-refractivity contribution in [2.24, 2.45) is 0 Å². The number of anilines is 2. The second kappa shape index (κ2) is 7.31. The molecule has 4 nitrogen and oxygen atoms in total. The van der Waals surface area contributed by atoms with E-state index < -0.39 is 23.4 Å². The summed E-state index contributed by atoms with van der Waals surface area (Å²) < 4.78 is 26.9. The van der Waals surface area contributed by atoms with E-state index in [4.69, 9.17) is 0 Å². The van der Waals surface area contributed by atoms with E-state index in [1.54, 1.807) is 48.5 Å². The Morgan fingerprint density at radius 2 is 1.55 bits per heavy atom. The minimum Gasteiger partial charge on any atom is -0.350 e. The first kappa shape index (κ1) is 18.6. The Hall–Kier alpha value is -3.80. The normalized spacial score (nSPS) is 14.0. The molecule has 0 fully saturated rings. The first-order valence-corrected chi connectivity index (χ1v) is 8.93. The Labute approximate surface area is 166 Å². The van der Waals surface area contributed by atoms with Crippen LogP contribution in [0, 0.1) is 18.6 Å². The molecule has 0 saturated heterocycles. The molecule has 1 aliphatic heterocycles. The van der Waals surface area contributed by atoms with E-state index in [1.807, 2.05) is 13.0 Å². The van der Waals surface area contributed by atoms with Crippen LogP contribution < -0.4 is 10.2 Å². The highest BCUT2D eigenvalue weighted by atomic mass is 19.2. The molecule has 0 atom stereocenters. The van der Waals surface area contributed by atoms with Gasteiger partial charge in [0.1, 0.15) is 5.70 Å². The summed E-state index contributed by atoms with van der Waals surface area (Å²) in [5.41, 5.74) is 2.23. The van der Waals surface area contributed by atoms with Crippen molar-refractivity contribution in [3.05, 3.63) is 101 Å². The van der Waals surface area contributed by atoms with E-state index >= 15 is 0 Å². The fourth-order valence-corrected chi connectivity index (χ4v) is 3.24. The summed E-state index contributed by atoms with van der Waals surface area (Å²) in [6.45, 7) is 1.86. The van der Waals surface area contributed by atoms with Gasteiger partial charge < -0.3 is 5.32 Å². The van der Waals surface area contributed by atoms with Gasteiger partial charge in [0.15, 0.2) is 11.6 Å². The maximum Gasteiger partial charge on any atom is 0.282 e. The molecule has 144 valence electrons. The van der Waals surface area contributed by atoms with Gasteiger partial charge in [0.05, 0.1) is 11.3 Å². The number of halogens is 2. The number of amides is 2. The highest BCUT2D eigenvalue weighted by Gasteiger charge is 2.40. The molecule has 1 N–H and O–H groups in total. The molecule has 0 aromatic heterocycles. The number of imide groups is 1. The van der Waals surface area contributed by atoms with Gasteiger partial charge in [0, 0.05) is 11.8 Å². The average molecular weight is 390 g/mol. The maximum atomic E-state index is 13.6. The first-order chi connectivity index (χ1) is 14.0. The van der Waals surface area contributed by atoms with Gasteiger partial charge in [-0.3, -0.25) is 9.59 Å². The molecule has 0 aliphatic carbocycles. The van der Waals surface area contributed by atoms with Crippen LogP contribution in [0.5, 0.6) is 0 Å². The quantitative estimate of drug-likeness (QED) is 0.659. The predicted molar refractivity (Wildman–Crippen MR) is 107 cm³/mol. The van der Waals surface area contributed by atoms with Crippen LogP contribution in [0.1, 0.15) is 11.1 Å². The molecule has 2 amide bonds. The summed E-state index contributed by atoms with van der Waals surface area (Å²) in [4.78, 5) is 27.5. The molecule has 0 radical (unpaired) electrons. The molecule has 3 aromatic carbocycles. The van der Waals surface area contributed by atoms with Crippen LogP contribution in [-0.2, 0) is 9.59 Å². The number of rotatable bonds is 4. The van der Waals surface area contributed by atoms with Gasteiger partial charge in [-0.25, -0.2) is 13.7 Å². The summed E-state index contributed by atoms with van der Waals surface area (Å²) in [6.07, 6.45) is 0. The molecular formula is C23H16F2N2O2. The third kappa shape index (κ3) is 3.40. The largest absolute Gasteiger partial charge is 0.350 e. The fraction of sp³-hybridized carbons (Fsp3) is 0.0435. The highest BCUT2D eigenvalue weighted by molar-refractivity contribution is 6.46. The fourth-order valence-electron chi connectivity index (χ4n) is 3.24. The number of nitrogens with zero attached hydrogens (tertiary/aromatic N) is 1. The Kier molecular flexibility index (Phi) is 4.68. The number of hydrogen-bond donors (Lipinski definition) is 1. The van der Waals surface area contributed by atoms with Crippen molar-refractivity contribution in [1.29, 1.82) is 0 Å². The van der Waals surface area contributed by atoms with Crippen molar-refractivity contribution in [2.75, 3.05) is 10.2 Å². The lowest BCUT2D eigenvalue weighted by atomic mass is 10.0. The van der Waals surface area contributed by atoms with Crippen LogP contribution in [0.3, 0.4) is 0 Å². The Morgan fingerprint density at radius 1 is 0.793 bits per heavy atom. The minimum absolute atomic E-state index is 0.00807. The second-order valence-corrected chi connectivity index (χ2v) is 6.65. The molecule has 3 aromatic rings. The lowest BCUT2D eigenvalue weighted by Gasteiger charge is -2.16. The number of carbonyl (C=O) groups is 2. The maximum absolute atomic E-state index is 13.6. The summed E-state index contributed by atoms with van der Waals surface area (Å²) in [5, 5.41) is 2.81. The number of aryl methyl sites for hydroxylation is 1. The molecule has 0 unspecified atom stereocenters. The van der Waals surface area contributed by atoms with Crippen molar-refractivity contribution in [1.82, 2.24) is 0 Å². The Bertz CT molecular complexity index is 1160. The molecule has 6 heteroatoms. The topological polar surface area (TPSA) is 49.4 Å². The van der Waals surface area contributed by atoms with E-state index in [0.717, 1.165) is 22.6 Å². The van der Waals surface area contributed by atoms with Gasteiger partial charge in [-0.2, -0.15) is 0 Å². The SMILES string of the molecule is Cc1cccc(N2C(=O)C(Nc3ccc(F)c(F)c3)=C(c3ccccc3)C2=O)c1. The number of hydrogen-bond acceptors (Lipinski definition) is 3. The van der Waals surface area contributed by atoms with Crippen LogP contribution >= 0.6 is 0 Å². The van der Waals surface area contributed by atoms with Crippen molar-refractivity contribution in [3.8, 4) is 0 Å². The molecule has 0 bridgehead atoms. The highest BCUT2D eigenvalue weighted by Crippen LogP contribution is 2.34. The van der Waals surface area contributed by atoms with Gasteiger partial charge in [0.2, 0.25) is 0 Å². The molecule has 1 aliphatic rings. The van der Waals surface area contributed by atoms with E-state index in [0.29, 0.717) is 11.3 Å². The van der Waals surface area contributed by atoms with E-state index in [2.05, 4.69) is 5.32 Å². The smallest absolute Gasteiger partial charge is 0.282 e. The van der Waals surface area contributed by atoms with Crippen molar-refractivity contribution in [2.45, 2.75) is 6.92 Å². The van der Waals surface area contributed by atoms with E-state index in [1.165, 1.54) is 6.07 Å². The zero-order chi connectivity index (χ0) is 20.5. The van der Waals surface area contributed by atoms with Crippen molar-refractivity contribution >= 4 is 28.8 Å². The summed E-state index contributed by atoms with van der Waals surface area (Å²) in [5.74, 6) is -3.10. The summed E-state index contributed by atoms with van der Waals surface area (Å²) >= 11 is 0. The van der Waals surface area contributed by atoms with E-state index in [-0.39, 0.29) is 17.0 Å². The first-order valence-electron chi connectivity index (χ1n) is 8.93. The Balaban J connectivity index is 1.82. The van der Waals surface area contributed by atoms with Gasteiger partial charge in [0.25, 0.3) is 11.8 Å². The second-order valence-electron chi connectivity index (χ2n) is 6.65. The molecular weight excluding hydrogens is 374 g/mol. The van der Waals surface area contributed by atoms with Crippen LogP contribution in [0.4, 0.5) is 20.2 Å².